The van der Waals surface area contributed by atoms with Crippen molar-refractivity contribution in [3.8, 4) is 5.75 Å². The fourth-order valence-corrected chi connectivity index (χ4v) is 5.00. The lowest BCUT2D eigenvalue weighted by Crippen LogP contribution is -2.29. The molecule has 8 heteroatoms. The van der Waals surface area contributed by atoms with Gasteiger partial charge in [0.25, 0.3) is 5.78 Å². The molecule has 1 N–H and O–H groups in total. The molecule has 0 unspecified atom stereocenters. The van der Waals surface area contributed by atoms with Gasteiger partial charge in [0.05, 0.1) is 28.9 Å². The minimum atomic E-state index is -0.919. The summed E-state index contributed by atoms with van der Waals surface area (Å²) in [7, 11) is 1.54. The van der Waals surface area contributed by atoms with Crippen LogP contribution in [0.4, 0.5) is 9.52 Å². The number of methoxy groups -OCH3 is 1. The van der Waals surface area contributed by atoms with E-state index in [0.29, 0.717) is 27.1 Å². The molecule has 3 aromatic carbocycles. The van der Waals surface area contributed by atoms with Gasteiger partial charge in [0.15, 0.2) is 5.13 Å². The van der Waals surface area contributed by atoms with Crippen LogP contribution >= 0.6 is 11.3 Å². The summed E-state index contributed by atoms with van der Waals surface area (Å²) in [6.45, 7) is 1.91. The second-order valence-corrected chi connectivity index (χ2v) is 8.93. The number of ether oxygens (including phenoxy) is 1. The molecule has 1 saturated heterocycles. The second-order valence-electron chi connectivity index (χ2n) is 7.92. The Bertz CT molecular complexity index is 1460. The third-order valence-corrected chi connectivity index (χ3v) is 6.76. The van der Waals surface area contributed by atoms with Gasteiger partial charge in [-0.2, -0.15) is 0 Å². The maximum Gasteiger partial charge on any atom is 0.301 e. The maximum absolute atomic E-state index is 13.8. The number of fused-ring (bicyclic) bond motifs is 1. The first-order chi connectivity index (χ1) is 16.4. The highest BCUT2D eigenvalue weighted by atomic mass is 32.1. The zero-order valence-corrected chi connectivity index (χ0v) is 19.1. The first-order valence-electron chi connectivity index (χ1n) is 10.5. The number of halogens is 1. The summed E-state index contributed by atoms with van der Waals surface area (Å²) < 4.78 is 19.5. The van der Waals surface area contributed by atoms with Crippen LogP contribution in [0.3, 0.4) is 0 Å². The molecule has 0 radical (unpaired) electrons. The highest BCUT2D eigenvalue weighted by molar-refractivity contribution is 7.22. The molecule has 4 aromatic rings. The number of benzene rings is 3. The quantitative estimate of drug-likeness (QED) is 0.244. The first kappa shape index (κ1) is 21.8. The van der Waals surface area contributed by atoms with Gasteiger partial charge in [0.2, 0.25) is 0 Å². The molecule has 6 nitrogen and oxygen atoms in total. The molecule has 1 atom stereocenters. The van der Waals surface area contributed by atoms with E-state index in [1.807, 2.05) is 19.1 Å². The van der Waals surface area contributed by atoms with Crippen LogP contribution in [0.2, 0.25) is 0 Å². The van der Waals surface area contributed by atoms with Crippen molar-refractivity contribution in [3.63, 3.8) is 0 Å². The number of aliphatic hydroxyl groups excluding tert-OH is 1. The number of Topliss-reactive ketones (excluding diaryl/α,β-unsaturated/α-hetero) is 1. The zero-order valence-electron chi connectivity index (χ0n) is 18.3. The lowest BCUT2D eigenvalue weighted by molar-refractivity contribution is -0.132. The van der Waals surface area contributed by atoms with E-state index in [0.717, 1.165) is 16.9 Å². The van der Waals surface area contributed by atoms with Crippen LogP contribution in [0.15, 0.2) is 72.3 Å². The van der Waals surface area contributed by atoms with Crippen LogP contribution in [0.1, 0.15) is 22.7 Å². The number of carbonyl (C=O) groups is 2. The smallest absolute Gasteiger partial charge is 0.301 e. The fraction of sp³-hybridized carbons (Fsp3) is 0.115. The lowest BCUT2D eigenvalue weighted by Gasteiger charge is -2.23. The Morgan fingerprint density at radius 2 is 1.76 bits per heavy atom. The Hall–Kier alpha value is -4.04. The van der Waals surface area contributed by atoms with Crippen molar-refractivity contribution in [2.24, 2.45) is 0 Å². The number of anilines is 1. The molecule has 1 fully saturated rings. The number of aryl methyl sites for hydroxylation is 1. The van der Waals surface area contributed by atoms with Crippen molar-refractivity contribution in [1.82, 2.24) is 4.98 Å². The average Bonchev–Trinajstić information content (AvgIpc) is 3.37. The summed E-state index contributed by atoms with van der Waals surface area (Å²) in [5.74, 6) is -1.71. The van der Waals surface area contributed by atoms with Gasteiger partial charge < -0.3 is 9.84 Å². The topological polar surface area (TPSA) is 79.7 Å². The Morgan fingerprint density at radius 3 is 2.44 bits per heavy atom. The number of hydrogen-bond donors (Lipinski definition) is 1. The van der Waals surface area contributed by atoms with Crippen molar-refractivity contribution in [2.75, 3.05) is 12.0 Å². The van der Waals surface area contributed by atoms with Crippen LogP contribution in [0.5, 0.6) is 5.75 Å². The van der Waals surface area contributed by atoms with E-state index in [1.54, 1.807) is 43.5 Å². The molecule has 0 bridgehead atoms. The van der Waals surface area contributed by atoms with Crippen molar-refractivity contribution in [2.45, 2.75) is 13.0 Å². The van der Waals surface area contributed by atoms with Gasteiger partial charge in [-0.15, -0.1) is 0 Å². The van der Waals surface area contributed by atoms with E-state index in [-0.39, 0.29) is 16.5 Å². The molecule has 1 aromatic heterocycles. The normalized spacial score (nSPS) is 17.5. The molecular weight excluding hydrogens is 455 g/mol. The van der Waals surface area contributed by atoms with Gasteiger partial charge in [0.1, 0.15) is 17.3 Å². The van der Waals surface area contributed by atoms with Crippen LogP contribution in [-0.4, -0.2) is 28.9 Å². The Balaban J connectivity index is 1.72. The second kappa shape index (κ2) is 8.39. The van der Waals surface area contributed by atoms with Gasteiger partial charge >= 0.3 is 5.91 Å². The summed E-state index contributed by atoms with van der Waals surface area (Å²) in [4.78, 5) is 32.2. The van der Waals surface area contributed by atoms with Crippen LogP contribution in [0.25, 0.3) is 16.0 Å². The highest BCUT2D eigenvalue weighted by Crippen LogP contribution is 2.44. The summed E-state index contributed by atoms with van der Waals surface area (Å²) in [6, 6.07) is 17.2. The molecule has 5 rings (SSSR count). The van der Waals surface area contributed by atoms with Crippen LogP contribution in [0, 0.1) is 12.7 Å². The van der Waals surface area contributed by atoms with E-state index in [2.05, 4.69) is 4.98 Å². The van der Waals surface area contributed by atoms with Crippen molar-refractivity contribution in [3.05, 3.63) is 94.8 Å². The average molecular weight is 475 g/mol. The van der Waals surface area contributed by atoms with Crippen molar-refractivity contribution >= 4 is 44.1 Å². The molecular formula is C26H19FN2O4S. The molecule has 1 aliphatic rings. The number of amides is 1. The van der Waals surface area contributed by atoms with Gasteiger partial charge in [-0.05, 0) is 42.8 Å². The Labute approximate surface area is 198 Å². The minimum Gasteiger partial charge on any atom is -0.507 e. The number of rotatable bonds is 4. The third kappa shape index (κ3) is 3.62. The predicted molar refractivity (Wildman–Crippen MR) is 129 cm³/mol. The monoisotopic (exact) mass is 474 g/mol. The van der Waals surface area contributed by atoms with Gasteiger partial charge in [0, 0.05) is 5.56 Å². The third-order valence-electron chi connectivity index (χ3n) is 5.75. The molecule has 1 amide bonds. The Morgan fingerprint density at radius 1 is 1.06 bits per heavy atom. The molecule has 34 heavy (non-hydrogen) atoms. The van der Waals surface area contributed by atoms with Gasteiger partial charge in [-0.3, -0.25) is 14.5 Å². The standard InChI is InChI=1S/C26H19FN2O4S/c1-14-3-5-16(6-4-14)23(30)21-22(15-7-10-18(33-2)11-8-15)29(25(32)24(21)31)26-28-19-12-9-17(27)13-20(19)34-26/h3-13,22,30H,1-2H3/t22-/m1/s1. The highest BCUT2D eigenvalue weighted by Gasteiger charge is 2.48. The number of aromatic nitrogens is 1. The van der Waals surface area contributed by atoms with E-state index >= 15 is 0 Å². The van der Waals surface area contributed by atoms with Crippen LogP contribution in [-0.2, 0) is 9.59 Å². The maximum atomic E-state index is 13.8. The molecule has 0 aliphatic carbocycles. The van der Waals surface area contributed by atoms with Crippen LogP contribution < -0.4 is 9.64 Å². The number of ketones is 1. The largest absolute Gasteiger partial charge is 0.507 e. The van der Waals surface area contributed by atoms with E-state index in [4.69, 9.17) is 4.74 Å². The van der Waals surface area contributed by atoms with Crippen molar-refractivity contribution in [1.29, 1.82) is 0 Å². The van der Waals surface area contributed by atoms with E-state index in [9.17, 15) is 19.1 Å². The van der Waals surface area contributed by atoms with E-state index in [1.165, 1.54) is 23.1 Å². The number of carbonyl (C=O) groups excluding carboxylic acids is 2. The fourth-order valence-electron chi connectivity index (χ4n) is 3.99. The summed E-state index contributed by atoms with van der Waals surface area (Å²) in [5, 5.41) is 11.4. The number of thiazole rings is 1. The number of hydrogen-bond acceptors (Lipinski definition) is 6. The van der Waals surface area contributed by atoms with Crippen molar-refractivity contribution < 1.29 is 23.8 Å². The summed E-state index contributed by atoms with van der Waals surface area (Å²) >= 11 is 1.10. The zero-order chi connectivity index (χ0) is 24.0. The Kier molecular flexibility index (Phi) is 5.37. The SMILES string of the molecule is COc1ccc([C@@H]2C(=C(O)c3ccc(C)cc3)C(=O)C(=O)N2c2nc3ccc(F)cc3s2)cc1. The summed E-state index contributed by atoms with van der Waals surface area (Å²) in [6.07, 6.45) is 0. The number of aliphatic hydroxyl groups is 1. The molecule has 0 spiro atoms. The molecule has 170 valence electrons. The first-order valence-corrected chi connectivity index (χ1v) is 11.3. The lowest BCUT2D eigenvalue weighted by atomic mass is 9.95. The predicted octanol–water partition coefficient (Wildman–Crippen LogP) is 5.38. The summed E-state index contributed by atoms with van der Waals surface area (Å²) in [5.41, 5.74) is 2.48. The molecule has 1 aliphatic heterocycles. The minimum absolute atomic E-state index is 0.0375. The molecule has 2 heterocycles. The number of nitrogens with zero attached hydrogens (tertiary/aromatic N) is 2. The molecule has 0 saturated carbocycles. The van der Waals surface area contributed by atoms with E-state index < -0.39 is 23.5 Å². The van der Waals surface area contributed by atoms with Gasteiger partial charge in [-0.1, -0.05) is 53.3 Å². The van der Waals surface area contributed by atoms with Gasteiger partial charge in [-0.25, -0.2) is 9.37 Å².